The number of benzene rings is 2. The minimum absolute atomic E-state index is 0.161. The van der Waals surface area contributed by atoms with E-state index in [0.29, 0.717) is 5.56 Å². The molecule has 2 nitrogen and oxygen atoms in total. The first kappa shape index (κ1) is 13.6. The summed E-state index contributed by atoms with van der Waals surface area (Å²) in [6.07, 6.45) is 0. The highest BCUT2D eigenvalue weighted by molar-refractivity contribution is 9.10. The normalized spacial score (nSPS) is 11.7. The van der Waals surface area contributed by atoms with Gasteiger partial charge in [0.2, 0.25) is 0 Å². The van der Waals surface area contributed by atoms with Crippen molar-refractivity contribution in [3.8, 4) is 6.07 Å². The van der Waals surface area contributed by atoms with E-state index in [9.17, 15) is 0 Å². The van der Waals surface area contributed by atoms with E-state index in [-0.39, 0.29) is 6.04 Å². The molecule has 2 aromatic carbocycles. The molecule has 0 saturated carbocycles. The minimum atomic E-state index is 0.161. The molecule has 1 unspecified atom stereocenters. The van der Waals surface area contributed by atoms with Gasteiger partial charge in [0.1, 0.15) is 0 Å². The maximum absolute atomic E-state index is 8.92. The first-order valence-electron chi connectivity index (χ1n) is 6.13. The third-order valence-corrected chi connectivity index (χ3v) is 3.95. The second-order valence-electron chi connectivity index (χ2n) is 4.57. The fraction of sp³-hybridized carbons (Fsp3) is 0.188. The number of nitrogens with zero attached hydrogens (tertiary/aromatic N) is 1. The molecule has 0 aliphatic rings. The molecular formula is C16H15BrN2. The molecule has 0 amide bonds. The summed E-state index contributed by atoms with van der Waals surface area (Å²) < 4.78 is 1.11. The monoisotopic (exact) mass is 314 g/mol. The van der Waals surface area contributed by atoms with Crippen LogP contribution in [-0.2, 0) is 0 Å². The Bertz CT molecular complexity index is 629. The van der Waals surface area contributed by atoms with E-state index in [4.69, 9.17) is 5.26 Å². The Balaban J connectivity index is 2.18. The van der Waals surface area contributed by atoms with Crippen LogP contribution in [0.2, 0.25) is 0 Å². The SMILES string of the molecule is Cc1cc(NC(C)c2cccc(C#N)c2)ccc1Br. The lowest BCUT2D eigenvalue weighted by atomic mass is 10.1. The van der Waals surface area contributed by atoms with Crippen LogP contribution < -0.4 is 5.32 Å². The number of nitrogens with one attached hydrogen (secondary N) is 1. The molecule has 1 N–H and O–H groups in total. The van der Waals surface area contributed by atoms with Crippen molar-refractivity contribution in [3.63, 3.8) is 0 Å². The van der Waals surface area contributed by atoms with Gasteiger partial charge in [-0.1, -0.05) is 28.1 Å². The van der Waals surface area contributed by atoms with Crippen molar-refractivity contribution in [3.05, 3.63) is 63.6 Å². The van der Waals surface area contributed by atoms with E-state index < -0.39 is 0 Å². The molecule has 2 rings (SSSR count). The summed E-state index contributed by atoms with van der Waals surface area (Å²) >= 11 is 3.50. The van der Waals surface area contributed by atoms with Gasteiger partial charge in [0.25, 0.3) is 0 Å². The number of halogens is 1. The van der Waals surface area contributed by atoms with E-state index in [0.717, 1.165) is 15.7 Å². The number of hydrogen-bond donors (Lipinski definition) is 1. The van der Waals surface area contributed by atoms with Crippen LogP contribution in [0.4, 0.5) is 5.69 Å². The van der Waals surface area contributed by atoms with E-state index in [2.05, 4.69) is 47.2 Å². The van der Waals surface area contributed by atoms with Gasteiger partial charge in [-0.3, -0.25) is 0 Å². The summed E-state index contributed by atoms with van der Waals surface area (Å²) in [4.78, 5) is 0. The molecule has 0 aliphatic carbocycles. The summed E-state index contributed by atoms with van der Waals surface area (Å²) in [5.41, 5.74) is 4.08. The van der Waals surface area contributed by atoms with Crippen molar-refractivity contribution in [1.29, 1.82) is 5.26 Å². The summed E-state index contributed by atoms with van der Waals surface area (Å²) in [5.74, 6) is 0. The van der Waals surface area contributed by atoms with Gasteiger partial charge in [0, 0.05) is 16.2 Å². The molecule has 96 valence electrons. The van der Waals surface area contributed by atoms with E-state index in [1.54, 1.807) is 0 Å². The lowest BCUT2D eigenvalue weighted by molar-refractivity contribution is 0.883. The third kappa shape index (κ3) is 3.36. The van der Waals surface area contributed by atoms with E-state index >= 15 is 0 Å². The van der Waals surface area contributed by atoms with Crippen molar-refractivity contribution < 1.29 is 0 Å². The van der Waals surface area contributed by atoms with E-state index in [1.165, 1.54) is 5.56 Å². The van der Waals surface area contributed by atoms with Crippen LogP contribution in [0.5, 0.6) is 0 Å². The van der Waals surface area contributed by atoms with E-state index in [1.807, 2.05) is 36.4 Å². The predicted octanol–water partition coefficient (Wildman–Crippen LogP) is 4.80. The van der Waals surface area contributed by atoms with Gasteiger partial charge in [-0.2, -0.15) is 5.26 Å². The fourth-order valence-electron chi connectivity index (χ4n) is 1.95. The third-order valence-electron chi connectivity index (χ3n) is 3.06. The zero-order chi connectivity index (χ0) is 13.8. The van der Waals surface area contributed by atoms with Crippen LogP contribution in [0.1, 0.15) is 29.7 Å². The Morgan fingerprint density at radius 1 is 1.21 bits per heavy atom. The van der Waals surface area contributed by atoms with Crippen LogP contribution in [0.25, 0.3) is 0 Å². The van der Waals surface area contributed by atoms with Gasteiger partial charge in [-0.25, -0.2) is 0 Å². The topological polar surface area (TPSA) is 35.8 Å². The Hall–Kier alpha value is -1.79. The second kappa shape index (κ2) is 5.90. The van der Waals surface area contributed by atoms with Crippen LogP contribution in [0, 0.1) is 18.3 Å². The lowest BCUT2D eigenvalue weighted by Gasteiger charge is -2.16. The molecule has 19 heavy (non-hydrogen) atoms. The first-order chi connectivity index (χ1) is 9.10. The molecule has 2 aromatic rings. The number of aryl methyl sites for hydroxylation is 1. The Labute approximate surface area is 122 Å². The van der Waals surface area contributed by atoms with Gasteiger partial charge in [-0.15, -0.1) is 0 Å². The molecule has 0 fully saturated rings. The Morgan fingerprint density at radius 2 is 2.00 bits per heavy atom. The summed E-state index contributed by atoms with van der Waals surface area (Å²) in [6, 6.07) is 16.2. The van der Waals surface area contributed by atoms with Crippen molar-refractivity contribution in [2.75, 3.05) is 5.32 Å². The molecule has 0 spiro atoms. The van der Waals surface area contributed by atoms with Crippen molar-refractivity contribution >= 4 is 21.6 Å². The predicted molar refractivity (Wildman–Crippen MR) is 82.1 cm³/mol. The smallest absolute Gasteiger partial charge is 0.0991 e. The zero-order valence-electron chi connectivity index (χ0n) is 10.9. The molecule has 0 radical (unpaired) electrons. The largest absolute Gasteiger partial charge is 0.379 e. The average Bonchev–Trinajstić information content (AvgIpc) is 2.43. The first-order valence-corrected chi connectivity index (χ1v) is 6.92. The summed E-state index contributed by atoms with van der Waals surface area (Å²) in [5, 5.41) is 12.4. The number of hydrogen-bond acceptors (Lipinski definition) is 2. The molecule has 0 aliphatic heterocycles. The molecule has 0 saturated heterocycles. The van der Waals surface area contributed by atoms with Crippen molar-refractivity contribution in [2.24, 2.45) is 0 Å². The van der Waals surface area contributed by atoms with Gasteiger partial charge >= 0.3 is 0 Å². The molecule has 3 heteroatoms. The van der Waals surface area contributed by atoms with Crippen molar-refractivity contribution in [1.82, 2.24) is 0 Å². The molecule has 1 atom stereocenters. The molecule has 0 bridgehead atoms. The highest BCUT2D eigenvalue weighted by Crippen LogP contribution is 2.24. The zero-order valence-corrected chi connectivity index (χ0v) is 12.5. The Morgan fingerprint density at radius 3 is 2.68 bits per heavy atom. The number of anilines is 1. The minimum Gasteiger partial charge on any atom is -0.379 e. The van der Waals surface area contributed by atoms with Gasteiger partial charge in [0.05, 0.1) is 11.6 Å². The van der Waals surface area contributed by atoms with Crippen LogP contribution in [0.15, 0.2) is 46.9 Å². The summed E-state index contributed by atoms with van der Waals surface area (Å²) in [6.45, 7) is 4.16. The molecule has 0 aromatic heterocycles. The lowest BCUT2D eigenvalue weighted by Crippen LogP contribution is -2.06. The van der Waals surface area contributed by atoms with Crippen LogP contribution in [0.3, 0.4) is 0 Å². The molecular weight excluding hydrogens is 300 g/mol. The van der Waals surface area contributed by atoms with Crippen LogP contribution >= 0.6 is 15.9 Å². The average molecular weight is 315 g/mol. The quantitative estimate of drug-likeness (QED) is 0.883. The summed E-state index contributed by atoms with van der Waals surface area (Å²) in [7, 11) is 0. The standard InChI is InChI=1S/C16H15BrN2/c1-11-8-15(6-7-16(11)17)19-12(2)14-5-3-4-13(9-14)10-18/h3-9,12,19H,1-2H3. The highest BCUT2D eigenvalue weighted by atomic mass is 79.9. The highest BCUT2D eigenvalue weighted by Gasteiger charge is 2.06. The van der Waals surface area contributed by atoms with Gasteiger partial charge < -0.3 is 5.32 Å². The number of nitriles is 1. The maximum atomic E-state index is 8.92. The fourth-order valence-corrected chi connectivity index (χ4v) is 2.19. The maximum Gasteiger partial charge on any atom is 0.0991 e. The van der Waals surface area contributed by atoms with Gasteiger partial charge in [0.15, 0.2) is 0 Å². The van der Waals surface area contributed by atoms with Gasteiger partial charge in [-0.05, 0) is 55.3 Å². The van der Waals surface area contributed by atoms with Crippen molar-refractivity contribution in [2.45, 2.75) is 19.9 Å². The number of rotatable bonds is 3. The second-order valence-corrected chi connectivity index (χ2v) is 5.42. The van der Waals surface area contributed by atoms with Crippen LogP contribution in [-0.4, -0.2) is 0 Å². The Kier molecular flexibility index (Phi) is 4.24. The molecule has 0 heterocycles.